The molecule has 1 aromatic rings. The van der Waals surface area contributed by atoms with E-state index in [1.54, 1.807) is 19.1 Å². The number of aliphatic hydroxyl groups is 1. The van der Waals surface area contributed by atoms with Gasteiger partial charge in [-0.05, 0) is 31.9 Å². The molecule has 4 nitrogen and oxygen atoms in total. The van der Waals surface area contributed by atoms with Crippen molar-refractivity contribution < 1.29 is 14.3 Å². The van der Waals surface area contributed by atoms with E-state index in [0.29, 0.717) is 18.6 Å². The molecule has 1 aliphatic rings. The first-order valence-electron chi connectivity index (χ1n) is 4.70. The van der Waals surface area contributed by atoms with Crippen LogP contribution >= 0.6 is 0 Å². The molecule has 0 unspecified atom stereocenters. The van der Waals surface area contributed by atoms with E-state index in [1.165, 1.54) is 0 Å². The third-order valence-corrected chi connectivity index (χ3v) is 2.41. The molecule has 0 aliphatic heterocycles. The Labute approximate surface area is 81.9 Å². The highest BCUT2D eigenvalue weighted by atomic mass is 16.3. The molecule has 14 heavy (non-hydrogen) atoms. The Hall–Kier alpha value is -1.29. The first kappa shape index (κ1) is 9.27. The smallest absolute Gasteiger partial charge is 0.287 e. The topological polar surface area (TPSA) is 62.5 Å². The Kier molecular flexibility index (Phi) is 2.29. The maximum absolute atomic E-state index is 11.5. The summed E-state index contributed by atoms with van der Waals surface area (Å²) in [5, 5.41) is 11.8. The van der Waals surface area contributed by atoms with Gasteiger partial charge in [-0.2, -0.15) is 0 Å². The minimum atomic E-state index is -0.251. The van der Waals surface area contributed by atoms with Gasteiger partial charge in [0.05, 0.1) is 6.10 Å². The Balaban J connectivity index is 1.90. The molecule has 1 fully saturated rings. The van der Waals surface area contributed by atoms with Gasteiger partial charge in [0.15, 0.2) is 5.76 Å². The molecule has 1 aromatic heterocycles. The van der Waals surface area contributed by atoms with Crippen LogP contribution in [0, 0.1) is 6.92 Å². The fraction of sp³-hybridized carbons (Fsp3) is 0.500. The third kappa shape index (κ3) is 1.80. The van der Waals surface area contributed by atoms with Gasteiger partial charge in [-0.1, -0.05) is 0 Å². The van der Waals surface area contributed by atoms with Gasteiger partial charge in [0.1, 0.15) is 5.76 Å². The molecule has 1 aliphatic carbocycles. The lowest BCUT2D eigenvalue weighted by Crippen LogP contribution is -2.46. The van der Waals surface area contributed by atoms with Crippen molar-refractivity contribution in [3.63, 3.8) is 0 Å². The number of hydrogen-bond donors (Lipinski definition) is 2. The van der Waals surface area contributed by atoms with E-state index in [1.807, 2.05) is 0 Å². The number of furan rings is 1. The van der Waals surface area contributed by atoms with E-state index in [9.17, 15) is 4.79 Å². The van der Waals surface area contributed by atoms with E-state index in [0.717, 1.165) is 5.76 Å². The van der Waals surface area contributed by atoms with Crippen molar-refractivity contribution in [3.8, 4) is 0 Å². The molecular formula is C10H13NO3. The molecule has 0 bridgehead atoms. The maximum atomic E-state index is 11.5. The van der Waals surface area contributed by atoms with Crippen molar-refractivity contribution >= 4 is 5.91 Å². The molecule has 0 aromatic carbocycles. The number of hydrogen-bond acceptors (Lipinski definition) is 3. The minimum Gasteiger partial charge on any atom is -0.456 e. The number of rotatable bonds is 2. The number of aryl methyl sites for hydroxylation is 1. The molecule has 1 saturated carbocycles. The summed E-state index contributed by atoms with van der Waals surface area (Å²) < 4.78 is 5.17. The first-order valence-corrected chi connectivity index (χ1v) is 4.70. The van der Waals surface area contributed by atoms with Gasteiger partial charge < -0.3 is 14.8 Å². The highest BCUT2D eigenvalue weighted by Crippen LogP contribution is 2.20. The summed E-state index contributed by atoms with van der Waals surface area (Å²) in [6.45, 7) is 1.80. The lowest BCUT2D eigenvalue weighted by molar-refractivity contribution is 0.0550. The molecule has 76 valence electrons. The Morgan fingerprint density at radius 2 is 2.29 bits per heavy atom. The van der Waals surface area contributed by atoms with Gasteiger partial charge in [0, 0.05) is 6.04 Å². The second-order valence-electron chi connectivity index (χ2n) is 3.71. The van der Waals surface area contributed by atoms with Crippen molar-refractivity contribution in [2.75, 3.05) is 0 Å². The average Bonchev–Trinajstić information content (AvgIpc) is 2.49. The monoisotopic (exact) mass is 195 g/mol. The van der Waals surface area contributed by atoms with Crippen LogP contribution in [0.5, 0.6) is 0 Å². The van der Waals surface area contributed by atoms with Crippen LogP contribution in [0.15, 0.2) is 16.5 Å². The SMILES string of the molecule is Cc1ccc(C(=O)NC2CC(O)C2)o1. The van der Waals surface area contributed by atoms with Gasteiger partial charge in [0.2, 0.25) is 0 Å². The zero-order chi connectivity index (χ0) is 10.1. The van der Waals surface area contributed by atoms with Gasteiger partial charge in [0.25, 0.3) is 5.91 Å². The Morgan fingerprint density at radius 1 is 1.57 bits per heavy atom. The lowest BCUT2D eigenvalue weighted by Gasteiger charge is -2.31. The van der Waals surface area contributed by atoms with Crippen LogP contribution < -0.4 is 5.32 Å². The van der Waals surface area contributed by atoms with Crippen LogP contribution in [0.2, 0.25) is 0 Å². The van der Waals surface area contributed by atoms with Crippen molar-refractivity contribution in [2.24, 2.45) is 0 Å². The molecule has 2 N–H and O–H groups in total. The molecule has 1 heterocycles. The zero-order valence-electron chi connectivity index (χ0n) is 7.99. The predicted molar refractivity (Wildman–Crippen MR) is 49.9 cm³/mol. The first-order chi connectivity index (χ1) is 6.65. The standard InChI is InChI=1S/C10H13NO3/c1-6-2-3-9(14-6)10(13)11-7-4-8(12)5-7/h2-3,7-8,12H,4-5H2,1H3,(H,11,13). The third-order valence-electron chi connectivity index (χ3n) is 2.41. The molecule has 4 heteroatoms. The Morgan fingerprint density at radius 3 is 2.79 bits per heavy atom. The predicted octanol–water partition coefficient (Wildman–Crippen LogP) is 0.841. The fourth-order valence-corrected chi connectivity index (χ4v) is 1.52. The van der Waals surface area contributed by atoms with Crippen LogP contribution in [-0.2, 0) is 0 Å². The van der Waals surface area contributed by atoms with E-state index < -0.39 is 0 Å². The molecule has 0 saturated heterocycles. The molecule has 2 rings (SSSR count). The maximum Gasteiger partial charge on any atom is 0.287 e. The molecular weight excluding hydrogens is 182 g/mol. The normalized spacial score (nSPS) is 25.6. The van der Waals surface area contributed by atoms with Crippen molar-refractivity contribution in [1.82, 2.24) is 5.32 Å². The second kappa shape index (κ2) is 3.46. The number of carbonyl (C=O) groups excluding carboxylic acids is 1. The zero-order valence-corrected chi connectivity index (χ0v) is 7.99. The number of aliphatic hydroxyl groups excluding tert-OH is 1. The quantitative estimate of drug-likeness (QED) is 0.735. The van der Waals surface area contributed by atoms with Gasteiger partial charge in [-0.15, -0.1) is 0 Å². The largest absolute Gasteiger partial charge is 0.456 e. The summed E-state index contributed by atoms with van der Waals surface area (Å²) >= 11 is 0. The minimum absolute atomic E-state index is 0.0999. The van der Waals surface area contributed by atoms with E-state index in [2.05, 4.69) is 5.32 Å². The molecule has 0 atom stereocenters. The van der Waals surface area contributed by atoms with Gasteiger partial charge >= 0.3 is 0 Å². The van der Waals surface area contributed by atoms with Crippen LogP contribution in [0.25, 0.3) is 0 Å². The average molecular weight is 195 g/mol. The van der Waals surface area contributed by atoms with E-state index in [4.69, 9.17) is 9.52 Å². The number of amides is 1. The second-order valence-corrected chi connectivity index (χ2v) is 3.71. The number of carbonyl (C=O) groups is 1. The van der Waals surface area contributed by atoms with Gasteiger partial charge in [-0.25, -0.2) is 0 Å². The molecule has 1 amide bonds. The summed E-state index contributed by atoms with van der Waals surface area (Å²) in [7, 11) is 0. The van der Waals surface area contributed by atoms with Crippen molar-refractivity contribution in [1.29, 1.82) is 0 Å². The lowest BCUT2D eigenvalue weighted by atomic mass is 9.89. The fourth-order valence-electron chi connectivity index (χ4n) is 1.52. The van der Waals surface area contributed by atoms with Gasteiger partial charge in [-0.3, -0.25) is 4.79 Å². The Bertz CT molecular complexity index is 339. The molecule has 0 spiro atoms. The highest BCUT2D eigenvalue weighted by molar-refractivity contribution is 5.91. The van der Waals surface area contributed by atoms with Crippen LogP contribution in [-0.4, -0.2) is 23.2 Å². The summed E-state index contributed by atoms with van der Waals surface area (Å²) in [6.07, 6.45) is 1.04. The summed E-state index contributed by atoms with van der Waals surface area (Å²) in [4.78, 5) is 11.5. The van der Waals surface area contributed by atoms with Crippen LogP contribution in [0.4, 0.5) is 0 Å². The molecule has 0 radical (unpaired) electrons. The number of nitrogens with one attached hydrogen (secondary N) is 1. The van der Waals surface area contributed by atoms with E-state index >= 15 is 0 Å². The van der Waals surface area contributed by atoms with E-state index in [-0.39, 0.29) is 18.1 Å². The van der Waals surface area contributed by atoms with Crippen LogP contribution in [0.3, 0.4) is 0 Å². The highest BCUT2D eigenvalue weighted by Gasteiger charge is 2.29. The van der Waals surface area contributed by atoms with Crippen LogP contribution in [0.1, 0.15) is 29.2 Å². The summed E-state index contributed by atoms with van der Waals surface area (Å²) in [6, 6.07) is 3.51. The summed E-state index contributed by atoms with van der Waals surface area (Å²) in [5.74, 6) is 0.864. The summed E-state index contributed by atoms with van der Waals surface area (Å²) in [5.41, 5.74) is 0. The van der Waals surface area contributed by atoms with Crippen molar-refractivity contribution in [2.45, 2.75) is 31.9 Å². The van der Waals surface area contributed by atoms with Crippen molar-refractivity contribution in [3.05, 3.63) is 23.7 Å².